The van der Waals surface area contributed by atoms with Crippen LogP contribution in [0.3, 0.4) is 0 Å². The lowest BCUT2D eigenvalue weighted by molar-refractivity contribution is 0.479. The first-order valence-electron chi connectivity index (χ1n) is 6.64. The highest BCUT2D eigenvalue weighted by atomic mass is 32.2. The van der Waals surface area contributed by atoms with Crippen LogP contribution in [0.5, 0.6) is 0 Å². The molecule has 5 heteroatoms. The third kappa shape index (κ3) is 2.25. The molecule has 110 valence electrons. The zero-order chi connectivity index (χ0) is 15.3. The average Bonchev–Trinajstić information content (AvgIpc) is 2.49. The maximum atomic E-state index is 11.6. The van der Waals surface area contributed by atoms with Crippen molar-refractivity contribution < 1.29 is 13.0 Å². The summed E-state index contributed by atoms with van der Waals surface area (Å²) < 4.78 is 32.7. The van der Waals surface area contributed by atoms with Crippen LogP contribution < -0.4 is 4.90 Å². The number of rotatable bonds is 3. The molecule has 0 aromatic heterocycles. The molecule has 1 N–H and O–H groups in total. The van der Waals surface area contributed by atoms with Gasteiger partial charge in [-0.15, -0.1) is 0 Å². The zero-order valence-corrected chi connectivity index (χ0v) is 13.2. The summed E-state index contributed by atoms with van der Waals surface area (Å²) in [6, 6.07) is 4.98. The molecule has 0 spiro atoms. The lowest BCUT2D eigenvalue weighted by Crippen LogP contribution is -2.28. The van der Waals surface area contributed by atoms with Gasteiger partial charge in [0.2, 0.25) is 0 Å². The Labute approximate surface area is 120 Å². The molecule has 1 aromatic carbocycles. The van der Waals surface area contributed by atoms with Crippen LogP contribution in [0.4, 0.5) is 5.69 Å². The predicted octanol–water partition coefficient (Wildman–Crippen LogP) is 3.20. The second-order valence-electron chi connectivity index (χ2n) is 6.20. The summed E-state index contributed by atoms with van der Waals surface area (Å²) in [6.45, 7) is 13.0. The molecular formula is C15H21NO3S. The van der Waals surface area contributed by atoms with E-state index in [1.165, 1.54) is 6.07 Å². The van der Waals surface area contributed by atoms with Crippen molar-refractivity contribution in [2.75, 3.05) is 11.4 Å². The van der Waals surface area contributed by atoms with Gasteiger partial charge in [0.1, 0.15) is 4.90 Å². The van der Waals surface area contributed by atoms with Gasteiger partial charge in [-0.1, -0.05) is 40.3 Å². The summed E-state index contributed by atoms with van der Waals surface area (Å²) in [7, 11) is -4.24. The molecule has 0 aliphatic carbocycles. The van der Waals surface area contributed by atoms with E-state index in [4.69, 9.17) is 0 Å². The van der Waals surface area contributed by atoms with E-state index in [1.807, 2.05) is 19.9 Å². The first kappa shape index (κ1) is 15.1. The Morgan fingerprint density at radius 1 is 1.35 bits per heavy atom. The van der Waals surface area contributed by atoms with Crippen LogP contribution in [0, 0.1) is 5.92 Å². The Balaban J connectivity index is 2.72. The van der Waals surface area contributed by atoms with E-state index in [0.29, 0.717) is 11.5 Å². The fraction of sp³-hybridized carbons (Fsp3) is 0.467. The third-order valence-electron chi connectivity index (χ3n) is 3.79. The Kier molecular flexibility index (Phi) is 3.47. The van der Waals surface area contributed by atoms with Crippen molar-refractivity contribution in [3.8, 4) is 0 Å². The largest absolute Gasteiger partial charge is 0.344 e. The van der Waals surface area contributed by atoms with Crippen molar-refractivity contribution in [3.63, 3.8) is 0 Å². The molecule has 1 aliphatic rings. The van der Waals surface area contributed by atoms with Crippen LogP contribution in [0.2, 0.25) is 0 Å². The first-order valence-corrected chi connectivity index (χ1v) is 8.08. The normalized spacial score (nSPS) is 17.7. The van der Waals surface area contributed by atoms with Gasteiger partial charge in [-0.25, -0.2) is 0 Å². The molecule has 0 saturated heterocycles. The highest BCUT2D eigenvalue weighted by Crippen LogP contribution is 2.49. The summed E-state index contributed by atoms with van der Waals surface area (Å²) in [4.78, 5) is 2.03. The van der Waals surface area contributed by atoms with Crippen LogP contribution in [0.1, 0.15) is 33.3 Å². The van der Waals surface area contributed by atoms with Gasteiger partial charge in [0.05, 0.1) is 0 Å². The summed E-state index contributed by atoms with van der Waals surface area (Å²) in [5.74, 6) is 0.419. The molecule has 0 fully saturated rings. The molecule has 0 bridgehead atoms. The fourth-order valence-corrected chi connectivity index (χ4v) is 3.66. The second kappa shape index (κ2) is 4.60. The standard InChI is InChI=1S/C15H21NO3S/c1-10(2)9-16-11(3)15(4,5)14-12(16)7-6-8-13(14)20(17,18)19/h6-8,10H,3,9H2,1-2,4-5H3,(H,17,18,19). The van der Waals surface area contributed by atoms with E-state index in [0.717, 1.165) is 17.9 Å². The lowest BCUT2D eigenvalue weighted by Gasteiger charge is -2.27. The molecule has 0 radical (unpaired) electrons. The molecule has 1 aromatic rings. The SMILES string of the molecule is C=C1N(CC(C)C)c2cccc(S(=O)(=O)O)c2C1(C)C. The molecule has 1 aliphatic heterocycles. The van der Waals surface area contributed by atoms with Gasteiger partial charge < -0.3 is 4.90 Å². The molecule has 0 saturated carbocycles. The maximum Gasteiger partial charge on any atom is 0.294 e. The molecule has 0 unspecified atom stereocenters. The van der Waals surface area contributed by atoms with Gasteiger partial charge in [0.25, 0.3) is 10.1 Å². The topological polar surface area (TPSA) is 57.6 Å². The molecular weight excluding hydrogens is 274 g/mol. The summed E-state index contributed by atoms with van der Waals surface area (Å²) in [6.07, 6.45) is 0. The number of hydrogen-bond donors (Lipinski definition) is 1. The van der Waals surface area contributed by atoms with Crippen molar-refractivity contribution >= 4 is 15.8 Å². The van der Waals surface area contributed by atoms with Gasteiger partial charge >= 0.3 is 0 Å². The molecule has 2 rings (SSSR count). The summed E-state index contributed by atoms with van der Waals surface area (Å²) in [5.41, 5.74) is 1.80. The Morgan fingerprint density at radius 3 is 2.45 bits per heavy atom. The molecule has 0 amide bonds. The number of nitrogens with zero attached hydrogens (tertiary/aromatic N) is 1. The number of benzene rings is 1. The Morgan fingerprint density at radius 2 is 1.95 bits per heavy atom. The second-order valence-corrected chi connectivity index (χ2v) is 7.59. The third-order valence-corrected chi connectivity index (χ3v) is 4.69. The number of anilines is 1. The summed E-state index contributed by atoms with van der Waals surface area (Å²) in [5, 5.41) is 0. The van der Waals surface area contributed by atoms with Crippen molar-refractivity contribution in [1.29, 1.82) is 0 Å². The quantitative estimate of drug-likeness (QED) is 0.870. The van der Waals surface area contributed by atoms with Gasteiger partial charge in [0, 0.05) is 28.9 Å². The van der Waals surface area contributed by atoms with Crippen LogP contribution in [0.15, 0.2) is 35.4 Å². The minimum atomic E-state index is -4.24. The number of fused-ring (bicyclic) bond motifs is 1. The van der Waals surface area contributed by atoms with Crippen LogP contribution in [-0.4, -0.2) is 19.5 Å². The van der Waals surface area contributed by atoms with E-state index >= 15 is 0 Å². The van der Waals surface area contributed by atoms with Crippen molar-refractivity contribution in [2.24, 2.45) is 5.92 Å². The van der Waals surface area contributed by atoms with Crippen molar-refractivity contribution in [3.05, 3.63) is 36.0 Å². The average molecular weight is 295 g/mol. The highest BCUT2D eigenvalue weighted by molar-refractivity contribution is 7.85. The lowest BCUT2D eigenvalue weighted by atomic mass is 9.84. The van der Waals surface area contributed by atoms with E-state index in [-0.39, 0.29) is 4.90 Å². The van der Waals surface area contributed by atoms with E-state index in [1.54, 1.807) is 6.07 Å². The van der Waals surface area contributed by atoms with Crippen LogP contribution in [-0.2, 0) is 15.5 Å². The van der Waals surface area contributed by atoms with Gasteiger partial charge in [-0.3, -0.25) is 4.55 Å². The zero-order valence-electron chi connectivity index (χ0n) is 12.3. The van der Waals surface area contributed by atoms with Gasteiger partial charge in [-0.05, 0) is 18.1 Å². The monoisotopic (exact) mass is 295 g/mol. The van der Waals surface area contributed by atoms with E-state index < -0.39 is 15.5 Å². The molecule has 0 atom stereocenters. The van der Waals surface area contributed by atoms with Crippen LogP contribution in [0.25, 0.3) is 0 Å². The molecule has 4 nitrogen and oxygen atoms in total. The fourth-order valence-electron chi connectivity index (χ4n) is 2.79. The summed E-state index contributed by atoms with van der Waals surface area (Å²) >= 11 is 0. The molecule has 1 heterocycles. The predicted molar refractivity (Wildman–Crippen MR) is 80.6 cm³/mol. The van der Waals surface area contributed by atoms with E-state index in [2.05, 4.69) is 25.3 Å². The van der Waals surface area contributed by atoms with Crippen molar-refractivity contribution in [1.82, 2.24) is 0 Å². The van der Waals surface area contributed by atoms with Crippen LogP contribution >= 0.6 is 0 Å². The minimum absolute atomic E-state index is 0.0209. The maximum absolute atomic E-state index is 11.6. The molecule has 20 heavy (non-hydrogen) atoms. The van der Waals surface area contributed by atoms with Gasteiger partial charge in [-0.2, -0.15) is 8.42 Å². The highest BCUT2D eigenvalue weighted by Gasteiger charge is 2.42. The number of hydrogen-bond acceptors (Lipinski definition) is 3. The Hall–Kier alpha value is -1.33. The van der Waals surface area contributed by atoms with Crippen molar-refractivity contribution in [2.45, 2.75) is 38.0 Å². The van der Waals surface area contributed by atoms with E-state index in [9.17, 15) is 13.0 Å². The minimum Gasteiger partial charge on any atom is -0.344 e. The van der Waals surface area contributed by atoms with Gasteiger partial charge in [0.15, 0.2) is 0 Å². The Bertz CT molecular complexity index is 660. The smallest absolute Gasteiger partial charge is 0.294 e. The first-order chi connectivity index (χ1) is 9.06. The number of allylic oxidation sites excluding steroid dienone is 1.